The van der Waals surface area contributed by atoms with Crippen molar-refractivity contribution in [1.29, 1.82) is 0 Å². The number of aliphatic hydroxyl groups is 1. The summed E-state index contributed by atoms with van der Waals surface area (Å²) in [6, 6.07) is 6.30. The molecule has 0 saturated carbocycles. The average molecular weight is 247 g/mol. The quantitative estimate of drug-likeness (QED) is 0.822. The first-order valence-corrected chi connectivity index (χ1v) is 6.93. The molecule has 1 atom stereocenters. The minimum Gasteiger partial charge on any atom is -0.391 e. The number of hydrogen-bond acceptors (Lipinski definition) is 4. The maximum atomic E-state index is 9.60. The molecular formula is C14H21N3O. The fourth-order valence-corrected chi connectivity index (χ4v) is 2.91. The second-order valence-corrected chi connectivity index (χ2v) is 5.33. The monoisotopic (exact) mass is 247 g/mol. The number of anilines is 1. The van der Waals surface area contributed by atoms with Gasteiger partial charge in [0.25, 0.3) is 0 Å². The third-order valence-corrected chi connectivity index (χ3v) is 4.00. The van der Waals surface area contributed by atoms with Crippen LogP contribution in [-0.2, 0) is 0 Å². The van der Waals surface area contributed by atoms with Crippen LogP contribution in [0.2, 0.25) is 0 Å². The van der Waals surface area contributed by atoms with E-state index in [1.807, 2.05) is 0 Å². The zero-order valence-corrected chi connectivity index (χ0v) is 10.7. The molecule has 0 unspecified atom stereocenters. The lowest BCUT2D eigenvalue weighted by atomic mass is 9.94. The number of aromatic nitrogens is 1. The lowest BCUT2D eigenvalue weighted by molar-refractivity contribution is 0.198. The molecule has 0 radical (unpaired) electrons. The molecule has 2 aliphatic rings. The van der Waals surface area contributed by atoms with Crippen LogP contribution in [-0.4, -0.2) is 42.4 Å². The predicted molar refractivity (Wildman–Crippen MR) is 71.9 cm³/mol. The van der Waals surface area contributed by atoms with Gasteiger partial charge >= 0.3 is 0 Å². The van der Waals surface area contributed by atoms with Crippen molar-refractivity contribution in [2.24, 2.45) is 0 Å². The standard InChI is InChI=1S/C14H21N3O/c18-12-6-9-17(10-12)14-3-1-2-13(16-14)11-4-7-15-8-5-11/h1-3,11-12,15,18H,4-10H2/t12-/m1/s1. The Balaban J connectivity index is 1.76. The normalized spacial score (nSPS) is 25.6. The fraction of sp³-hybridized carbons (Fsp3) is 0.643. The summed E-state index contributed by atoms with van der Waals surface area (Å²) in [5.74, 6) is 1.63. The first-order chi connectivity index (χ1) is 8.83. The molecule has 0 aliphatic carbocycles. The first kappa shape index (κ1) is 11.9. The second-order valence-electron chi connectivity index (χ2n) is 5.33. The molecule has 1 aromatic rings. The molecule has 0 amide bonds. The van der Waals surface area contributed by atoms with Crippen LogP contribution < -0.4 is 10.2 Å². The van der Waals surface area contributed by atoms with Gasteiger partial charge in [-0.05, 0) is 44.5 Å². The Hall–Kier alpha value is -1.13. The summed E-state index contributed by atoms with van der Waals surface area (Å²) in [5, 5.41) is 13.0. The lowest BCUT2D eigenvalue weighted by Gasteiger charge is -2.24. The minimum atomic E-state index is -0.186. The van der Waals surface area contributed by atoms with Crippen LogP contribution in [0.25, 0.3) is 0 Å². The number of nitrogens with zero attached hydrogens (tertiary/aromatic N) is 2. The summed E-state index contributed by atoms with van der Waals surface area (Å²) in [7, 11) is 0. The van der Waals surface area contributed by atoms with Crippen molar-refractivity contribution < 1.29 is 5.11 Å². The Kier molecular flexibility index (Phi) is 3.48. The number of rotatable bonds is 2. The molecule has 3 heterocycles. The lowest BCUT2D eigenvalue weighted by Crippen LogP contribution is -2.27. The van der Waals surface area contributed by atoms with Gasteiger partial charge in [-0.15, -0.1) is 0 Å². The molecule has 4 nitrogen and oxygen atoms in total. The van der Waals surface area contributed by atoms with E-state index in [1.165, 1.54) is 18.5 Å². The topological polar surface area (TPSA) is 48.4 Å². The van der Waals surface area contributed by atoms with Gasteiger partial charge in [-0.25, -0.2) is 4.98 Å². The van der Waals surface area contributed by atoms with E-state index < -0.39 is 0 Å². The summed E-state index contributed by atoms with van der Waals surface area (Å²) >= 11 is 0. The van der Waals surface area contributed by atoms with Gasteiger partial charge in [0.1, 0.15) is 5.82 Å². The summed E-state index contributed by atoms with van der Waals surface area (Å²) < 4.78 is 0. The smallest absolute Gasteiger partial charge is 0.128 e. The molecule has 0 bridgehead atoms. The van der Waals surface area contributed by atoms with Crippen molar-refractivity contribution in [3.63, 3.8) is 0 Å². The molecule has 2 N–H and O–H groups in total. The summed E-state index contributed by atoms with van der Waals surface area (Å²) in [6.07, 6.45) is 3.03. The second kappa shape index (κ2) is 5.24. The van der Waals surface area contributed by atoms with Gasteiger partial charge in [0.2, 0.25) is 0 Å². The van der Waals surface area contributed by atoms with E-state index in [0.717, 1.165) is 38.4 Å². The van der Waals surface area contributed by atoms with E-state index >= 15 is 0 Å². The Morgan fingerprint density at radius 1 is 1.22 bits per heavy atom. The van der Waals surface area contributed by atoms with Crippen LogP contribution in [0.15, 0.2) is 18.2 Å². The van der Waals surface area contributed by atoms with E-state index in [2.05, 4.69) is 28.4 Å². The van der Waals surface area contributed by atoms with Crippen molar-refractivity contribution in [3.05, 3.63) is 23.9 Å². The van der Waals surface area contributed by atoms with Crippen molar-refractivity contribution >= 4 is 5.82 Å². The third-order valence-electron chi connectivity index (χ3n) is 4.00. The molecule has 2 aliphatic heterocycles. The maximum absolute atomic E-state index is 9.60. The molecule has 1 aromatic heterocycles. The van der Waals surface area contributed by atoms with Crippen molar-refractivity contribution in [2.45, 2.75) is 31.3 Å². The predicted octanol–water partition coefficient (Wildman–Crippen LogP) is 1.12. The van der Waals surface area contributed by atoms with Crippen molar-refractivity contribution in [2.75, 3.05) is 31.1 Å². The molecule has 98 valence electrons. The van der Waals surface area contributed by atoms with Crippen LogP contribution >= 0.6 is 0 Å². The molecule has 0 aromatic carbocycles. The molecule has 2 fully saturated rings. The summed E-state index contributed by atoms with van der Waals surface area (Å²) in [4.78, 5) is 6.99. The maximum Gasteiger partial charge on any atom is 0.128 e. The highest BCUT2D eigenvalue weighted by molar-refractivity contribution is 5.41. The largest absolute Gasteiger partial charge is 0.391 e. The highest BCUT2D eigenvalue weighted by Gasteiger charge is 2.22. The Morgan fingerprint density at radius 2 is 2.06 bits per heavy atom. The number of piperidine rings is 1. The zero-order valence-electron chi connectivity index (χ0n) is 10.7. The van der Waals surface area contributed by atoms with Gasteiger partial charge in [0, 0.05) is 24.7 Å². The Labute approximate surface area is 108 Å². The molecule has 18 heavy (non-hydrogen) atoms. The summed E-state index contributed by atoms with van der Waals surface area (Å²) in [6.45, 7) is 3.84. The first-order valence-electron chi connectivity index (χ1n) is 6.93. The highest BCUT2D eigenvalue weighted by atomic mass is 16.3. The molecule has 4 heteroatoms. The molecular weight excluding hydrogens is 226 g/mol. The van der Waals surface area contributed by atoms with Crippen LogP contribution in [0.5, 0.6) is 0 Å². The zero-order chi connectivity index (χ0) is 12.4. The van der Waals surface area contributed by atoms with Gasteiger partial charge in [0.05, 0.1) is 6.10 Å². The molecule has 0 spiro atoms. The minimum absolute atomic E-state index is 0.186. The van der Waals surface area contributed by atoms with Crippen LogP contribution in [0.3, 0.4) is 0 Å². The number of aliphatic hydroxyl groups excluding tert-OH is 1. The van der Waals surface area contributed by atoms with Gasteiger partial charge in [-0.3, -0.25) is 0 Å². The number of pyridine rings is 1. The van der Waals surface area contributed by atoms with Crippen LogP contribution in [0, 0.1) is 0 Å². The van der Waals surface area contributed by atoms with Gasteiger partial charge < -0.3 is 15.3 Å². The van der Waals surface area contributed by atoms with Gasteiger partial charge in [-0.1, -0.05) is 6.07 Å². The SMILES string of the molecule is O[C@@H]1CCN(c2cccc(C3CCNCC3)n2)C1. The van der Waals surface area contributed by atoms with Crippen LogP contribution in [0.1, 0.15) is 30.9 Å². The van der Waals surface area contributed by atoms with Gasteiger partial charge in [-0.2, -0.15) is 0 Å². The molecule has 3 rings (SSSR count). The number of hydrogen-bond donors (Lipinski definition) is 2. The number of β-amino-alcohol motifs (C(OH)–C–C–N with tert-alkyl or cyclic N) is 1. The van der Waals surface area contributed by atoms with E-state index in [0.29, 0.717) is 5.92 Å². The third kappa shape index (κ3) is 2.49. The van der Waals surface area contributed by atoms with Gasteiger partial charge in [0.15, 0.2) is 0 Å². The number of nitrogens with one attached hydrogen (secondary N) is 1. The van der Waals surface area contributed by atoms with E-state index in [9.17, 15) is 5.11 Å². The van der Waals surface area contributed by atoms with E-state index in [1.54, 1.807) is 0 Å². The Morgan fingerprint density at radius 3 is 2.78 bits per heavy atom. The average Bonchev–Trinajstić information content (AvgIpc) is 2.87. The fourth-order valence-electron chi connectivity index (χ4n) is 2.91. The van der Waals surface area contributed by atoms with Crippen molar-refractivity contribution in [3.8, 4) is 0 Å². The highest BCUT2D eigenvalue weighted by Crippen LogP contribution is 2.26. The molecule has 2 saturated heterocycles. The Bertz CT molecular complexity index is 384. The van der Waals surface area contributed by atoms with E-state index in [-0.39, 0.29) is 6.10 Å². The summed E-state index contributed by atoms with van der Waals surface area (Å²) in [5.41, 5.74) is 1.22. The van der Waals surface area contributed by atoms with Crippen molar-refractivity contribution in [1.82, 2.24) is 10.3 Å². The van der Waals surface area contributed by atoms with Crippen LogP contribution in [0.4, 0.5) is 5.82 Å². The van der Waals surface area contributed by atoms with E-state index in [4.69, 9.17) is 4.98 Å².